The first-order valence-corrected chi connectivity index (χ1v) is 12.1. The fourth-order valence-corrected chi connectivity index (χ4v) is 4.78. The number of ether oxygens (including phenoxy) is 3. The zero-order valence-electron chi connectivity index (χ0n) is 22.1. The largest absolute Gasteiger partial charge is 0.496 e. The van der Waals surface area contributed by atoms with Crippen molar-refractivity contribution in [3.05, 3.63) is 36.0 Å². The molecule has 1 N–H and O–H groups in total. The molecule has 1 fully saturated rings. The monoisotopic (exact) mass is 600 g/mol. The van der Waals surface area contributed by atoms with Gasteiger partial charge in [-0.1, -0.05) is 5.21 Å². The minimum atomic E-state index is -3.42. The first kappa shape index (κ1) is 29.0. The molecule has 1 saturated heterocycles. The number of aliphatic hydroxyl groups is 1. The zero-order chi connectivity index (χ0) is 30.5. The van der Waals surface area contributed by atoms with Gasteiger partial charge in [-0.25, -0.2) is 8.78 Å². The smallest absolute Gasteiger partial charge is 0.387 e. The van der Waals surface area contributed by atoms with Gasteiger partial charge in [0.05, 0.1) is 43.0 Å². The van der Waals surface area contributed by atoms with E-state index in [0.717, 1.165) is 18.1 Å². The number of methoxy groups -OCH3 is 1. The van der Waals surface area contributed by atoms with Crippen LogP contribution in [0.15, 0.2) is 30.5 Å². The second kappa shape index (κ2) is 10.7. The Balaban J connectivity index is 1.67. The van der Waals surface area contributed by atoms with Gasteiger partial charge in [0.15, 0.2) is 5.60 Å². The van der Waals surface area contributed by atoms with Gasteiger partial charge in [0, 0.05) is 25.2 Å². The van der Waals surface area contributed by atoms with Crippen molar-refractivity contribution >= 4 is 16.8 Å². The molecule has 1 aliphatic rings. The zero-order valence-corrected chi connectivity index (χ0v) is 22.1. The van der Waals surface area contributed by atoms with E-state index in [1.165, 1.54) is 28.5 Å². The molecule has 0 unspecified atom stereocenters. The Hall–Kier alpha value is -4.54. The predicted molar refractivity (Wildman–Crippen MR) is 133 cm³/mol. The average molecular weight is 600 g/mol. The molecule has 0 bridgehead atoms. The average Bonchev–Trinajstić information content (AvgIpc) is 3.47. The van der Waals surface area contributed by atoms with E-state index in [9.17, 15) is 36.2 Å². The third kappa shape index (κ3) is 5.15. The van der Waals surface area contributed by atoms with Crippen LogP contribution in [0.1, 0.15) is 10.4 Å². The van der Waals surface area contributed by atoms with Crippen LogP contribution in [0.2, 0.25) is 0 Å². The molecule has 0 atom stereocenters. The number of fused-ring (bicyclic) bond motifs is 1. The van der Waals surface area contributed by atoms with Gasteiger partial charge in [0.1, 0.15) is 28.5 Å². The summed E-state index contributed by atoms with van der Waals surface area (Å²) in [7, 11) is 4.22. The molecule has 0 radical (unpaired) electrons. The Morgan fingerprint density at radius 1 is 0.952 bits per heavy atom. The number of amides is 1. The van der Waals surface area contributed by atoms with Crippen LogP contribution in [-0.2, 0) is 14.1 Å². The maximum absolute atomic E-state index is 13.5. The Labute approximate surface area is 232 Å². The van der Waals surface area contributed by atoms with Crippen LogP contribution in [0.5, 0.6) is 17.2 Å². The van der Waals surface area contributed by atoms with E-state index in [1.807, 2.05) is 0 Å². The minimum Gasteiger partial charge on any atom is -0.496 e. The first-order valence-electron chi connectivity index (χ1n) is 12.1. The minimum absolute atomic E-state index is 0.0584. The first-order chi connectivity index (χ1) is 19.8. The maximum atomic E-state index is 13.5. The SMILES string of the molecule is COc1cc(-c2c3c(OC(F)F)cc(-c4cn(C)nn4)cc3nn2C)cc(OC(F)F)c1C(=O)N1CC(O)(C(F)F)C1. The molecule has 17 heteroatoms. The number of aryl methyl sites for hydroxylation is 2. The van der Waals surface area contributed by atoms with Crippen LogP contribution in [0.4, 0.5) is 26.3 Å². The van der Waals surface area contributed by atoms with Crippen LogP contribution in [0, 0.1) is 0 Å². The Kier molecular flexibility index (Phi) is 7.38. The standard InChI is InChI=1S/C25H22F6N6O5/c1-35-8-14(32-34-35)11-4-13-18(16(5-11)41-23(28)29)20(36(2)33-13)12-6-15(40-3)19(17(7-12)42-24(30)31)21(38)37-9-25(39,10-37)22(26)27/h4-8,22-24,39H,9-10H2,1-3H3. The number of benzene rings is 2. The normalized spacial score (nSPS) is 14.6. The summed E-state index contributed by atoms with van der Waals surface area (Å²) in [6.07, 6.45) is -1.59. The van der Waals surface area contributed by atoms with Gasteiger partial charge in [-0.15, -0.1) is 5.10 Å². The lowest BCUT2D eigenvalue weighted by molar-refractivity contribution is -0.166. The molecule has 0 aliphatic carbocycles. The van der Waals surface area contributed by atoms with Crippen molar-refractivity contribution in [1.29, 1.82) is 0 Å². The lowest BCUT2D eigenvalue weighted by Crippen LogP contribution is -2.67. The second-order valence-electron chi connectivity index (χ2n) is 9.49. The topological polar surface area (TPSA) is 117 Å². The third-order valence-corrected chi connectivity index (χ3v) is 6.63. The lowest BCUT2D eigenvalue weighted by atomic mass is 9.93. The van der Waals surface area contributed by atoms with Crippen LogP contribution < -0.4 is 14.2 Å². The molecule has 11 nitrogen and oxygen atoms in total. The Bertz CT molecular complexity index is 1650. The number of halogens is 6. The summed E-state index contributed by atoms with van der Waals surface area (Å²) < 4.78 is 97.6. The number of rotatable bonds is 9. The van der Waals surface area contributed by atoms with Crippen molar-refractivity contribution < 1.29 is 50.5 Å². The van der Waals surface area contributed by atoms with E-state index >= 15 is 0 Å². The summed E-state index contributed by atoms with van der Waals surface area (Å²) in [6.45, 7) is -8.16. The van der Waals surface area contributed by atoms with Gasteiger partial charge >= 0.3 is 13.2 Å². The summed E-state index contributed by atoms with van der Waals surface area (Å²) in [5.41, 5.74) is -1.92. The molecular weight excluding hydrogens is 578 g/mol. The van der Waals surface area contributed by atoms with Crippen molar-refractivity contribution in [3.63, 3.8) is 0 Å². The van der Waals surface area contributed by atoms with E-state index in [2.05, 4.69) is 20.1 Å². The number of carbonyl (C=O) groups excluding carboxylic acids is 1. The number of hydrogen-bond donors (Lipinski definition) is 1. The number of aromatic nitrogens is 5. The Morgan fingerprint density at radius 2 is 1.57 bits per heavy atom. The molecule has 3 heterocycles. The highest BCUT2D eigenvalue weighted by atomic mass is 19.3. The molecule has 224 valence electrons. The molecule has 4 aromatic rings. The van der Waals surface area contributed by atoms with Gasteiger partial charge in [-0.2, -0.15) is 22.7 Å². The Morgan fingerprint density at radius 3 is 2.14 bits per heavy atom. The molecule has 5 rings (SSSR count). The van der Waals surface area contributed by atoms with Gasteiger partial charge < -0.3 is 24.2 Å². The van der Waals surface area contributed by atoms with Gasteiger partial charge in [-0.05, 0) is 24.3 Å². The number of hydrogen-bond acceptors (Lipinski definition) is 8. The fourth-order valence-electron chi connectivity index (χ4n) is 4.78. The van der Waals surface area contributed by atoms with E-state index in [-0.39, 0.29) is 33.7 Å². The molecule has 42 heavy (non-hydrogen) atoms. The molecule has 1 aliphatic heterocycles. The summed E-state index contributed by atoms with van der Waals surface area (Å²) in [5.74, 6) is -2.29. The number of nitrogens with zero attached hydrogens (tertiary/aromatic N) is 6. The van der Waals surface area contributed by atoms with Crippen molar-refractivity contribution in [2.75, 3.05) is 20.2 Å². The van der Waals surface area contributed by atoms with Gasteiger partial charge in [-0.3, -0.25) is 14.2 Å². The summed E-state index contributed by atoms with van der Waals surface area (Å²) >= 11 is 0. The highest BCUT2D eigenvalue weighted by molar-refractivity contribution is 6.04. The molecule has 2 aromatic heterocycles. The number of alkyl halides is 6. The van der Waals surface area contributed by atoms with E-state index in [4.69, 9.17) is 9.47 Å². The van der Waals surface area contributed by atoms with Crippen LogP contribution in [-0.4, -0.2) is 86.1 Å². The summed E-state index contributed by atoms with van der Waals surface area (Å²) in [4.78, 5) is 14.0. The van der Waals surface area contributed by atoms with Gasteiger partial charge in [0.2, 0.25) is 0 Å². The summed E-state index contributed by atoms with van der Waals surface area (Å²) in [5, 5.41) is 22.1. The number of β-amino-alcohol motifs (C(OH)–C–C–N with tert-alkyl or cyclic N) is 1. The highest BCUT2D eigenvalue weighted by Crippen LogP contribution is 2.43. The number of likely N-dealkylation sites (tertiary alicyclic amines) is 1. The fraction of sp³-hybridized carbons (Fsp3) is 0.360. The quantitative estimate of drug-likeness (QED) is 0.289. The van der Waals surface area contributed by atoms with Crippen molar-refractivity contribution in [2.24, 2.45) is 14.1 Å². The molecule has 0 spiro atoms. The highest BCUT2D eigenvalue weighted by Gasteiger charge is 2.51. The van der Waals surface area contributed by atoms with Gasteiger partial charge in [0.25, 0.3) is 12.3 Å². The van der Waals surface area contributed by atoms with Crippen LogP contribution in [0.25, 0.3) is 33.4 Å². The van der Waals surface area contributed by atoms with Crippen molar-refractivity contribution in [1.82, 2.24) is 29.7 Å². The third-order valence-electron chi connectivity index (χ3n) is 6.63. The lowest BCUT2D eigenvalue weighted by Gasteiger charge is -2.45. The molecule has 0 saturated carbocycles. The molecule has 1 amide bonds. The van der Waals surface area contributed by atoms with Crippen molar-refractivity contribution in [2.45, 2.75) is 25.2 Å². The van der Waals surface area contributed by atoms with E-state index in [0.29, 0.717) is 11.3 Å². The maximum Gasteiger partial charge on any atom is 0.387 e. The second-order valence-corrected chi connectivity index (χ2v) is 9.49. The molecule has 2 aromatic carbocycles. The van der Waals surface area contributed by atoms with Crippen LogP contribution >= 0.6 is 0 Å². The van der Waals surface area contributed by atoms with Crippen LogP contribution in [0.3, 0.4) is 0 Å². The molecular formula is C25H22F6N6O5. The van der Waals surface area contributed by atoms with Crippen molar-refractivity contribution in [3.8, 4) is 39.8 Å². The summed E-state index contributed by atoms with van der Waals surface area (Å²) in [6, 6.07) is 5.13. The predicted octanol–water partition coefficient (Wildman–Crippen LogP) is 3.70. The number of carbonyl (C=O) groups is 1. The van der Waals surface area contributed by atoms with E-state index < -0.39 is 55.6 Å². The van der Waals surface area contributed by atoms with E-state index in [1.54, 1.807) is 19.3 Å².